The number of hydrogen-bond donors (Lipinski definition) is 1. The molecule has 6 heteroatoms. The molecule has 0 saturated carbocycles. The first kappa shape index (κ1) is 19.7. The van der Waals surface area contributed by atoms with Crippen LogP contribution in [0.4, 0.5) is 4.79 Å². The van der Waals surface area contributed by atoms with Crippen LogP contribution in [0.1, 0.15) is 40.5 Å². The van der Waals surface area contributed by atoms with Crippen LogP contribution < -0.4 is 5.32 Å². The lowest BCUT2D eigenvalue weighted by Gasteiger charge is -2.28. The van der Waals surface area contributed by atoms with E-state index < -0.39 is 6.04 Å². The highest BCUT2D eigenvalue weighted by atomic mass is 16.2. The second kappa shape index (κ2) is 9.11. The summed E-state index contributed by atoms with van der Waals surface area (Å²) in [7, 11) is 4.10. The first-order chi connectivity index (χ1) is 10.8. The van der Waals surface area contributed by atoms with Crippen molar-refractivity contribution in [2.45, 2.75) is 52.6 Å². The Labute approximate surface area is 141 Å². The summed E-state index contributed by atoms with van der Waals surface area (Å²) in [5, 5.41) is 2.95. The van der Waals surface area contributed by atoms with Crippen LogP contribution in [0.2, 0.25) is 0 Å². The third-order valence-electron chi connectivity index (χ3n) is 4.56. The highest BCUT2D eigenvalue weighted by molar-refractivity contribution is 5.87. The van der Waals surface area contributed by atoms with E-state index in [-0.39, 0.29) is 11.9 Å². The molecule has 1 N–H and O–H groups in total. The summed E-state index contributed by atoms with van der Waals surface area (Å²) >= 11 is 0. The van der Waals surface area contributed by atoms with Crippen molar-refractivity contribution < 1.29 is 9.59 Å². The van der Waals surface area contributed by atoms with E-state index in [0.717, 1.165) is 19.5 Å². The zero-order chi connectivity index (χ0) is 17.6. The molecular weight excluding hydrogens is 292 g/mol. The second-order valence-electron chi connectivity index (χ2n) is 6.99. The Balaban J connectivity index is 2.73. The molecule has 1 saturated heterocycles. The Morgan fingerprint density at radius 2 is 1.83 bits per heavy atom. The quantitative estimate of drug-likeness (QED) is 0.773. The summed E-state index contributed by atoms with van der Waals surface area (Å²) in [6.45, 7) is 10.9. The number of carbonyl (C=O) groups is 2. The van der Waals surface area contributed by atoms with Crippen LogP contribution in [0.25, 0.3) is 0 Å². The molecule has 1 fully saturated rings. The van der Waals surface area contributed by atoms with Crippen LogP contribution in [0, 0.1) is 5.92 Å². The average molecular weight is 326 g/mol. The standard InChI is InChI=1S/C17H34N4O2/c1-7-20(8-2)17(23)18-15(11-13(3)4)16(22)21-10-9-14(12-21)19(5)6/h13-15H,7-12H2,1-6H3,(H,18,23)/t14?,15-/m0/s1. The molecule has 0 bridgehead atoms. The Morgan fingerprint density at radius 1 is 1.22 bits per heavy atom. The molecule has 0 aromatic carbocycles. The Kier molecular flexibility index (Phi) is 7.82. The summed E-state index contributed by atoms with van der Waals surface area (Å²) in [5.74, 6) is 0.414. The molecule has 0 aromatic heterocycles. The van der Waals surface area contributed by atoms with Crippen molar-refractivity contribution in [1.82, 2.24) is 20.0 Å². The van der Waals surface area contributed by atoms with Crippen molar-refractivity contribution in [3.8, 4) is 0 Å². The predicted molar refractivity (Wildman–Crippen MR) is 93.4 cm³/mol. The molecule has 0 radical (unpaired) electrons. The first-order valence-corrected chi connectivity index (χ1v) is 8.80. The van der Waals surface area contributed by atoms with Gasteiger partial charge in [-0.15, -0.1) is 0 Å². The lowest BCUT2D eigenvalue weighted by atomic mass is 10.0. The number of carbonyl (C=O) groups excluding carboxylic acids is 2. The van der Waals surface area contributed by atoms with Gasteiger partial charge in [0, 0.05) is 32.2 Å². The largest absolute Gasteiger partial charge is 0.339 e. The van der Waals surface area contributed by atoms with E-state index >= 15 is 0 Å². The summed E-state index contributed by atoms with van der Waals surface area (Å²) in [4.78, 5) is 31.0. The highest BCUT2D eigenvalue weighted by Crippen LogP contribution is 2.17. The van der Waals surface area contributed by atoms with E-state index in [1.54, 1.807) is 4.90 Å². The van der Waals surface area contributed by atoms with Gasteiger partial charge in [0.05, 0.1) is 0 Å². The Morgan fingerprint density at radius 3 is 2.26 bits per heavy atom. The lowest BCUT2D eigenvalue weighted by Crippen LogP contribution is -2.52. The van der Waals surface area contributed by atoms with E-state index in [9.17, 15) is 9.59 Å². The third-order valence-corrected chi connectivity index (χ3v) is 4.56. The maximum Gasteiger partial charge on any atom is 0.318 e. The fourth-order valence-corrected chi connectivity index (χ4v) is 3.03. The van der Waals surface area contributed by atoms with Crippen molar-refractivity contribution >= 4 is 11.9 Å². The highest BCUT2D eigenvalue weighted by Gasteiger charge is 2.33. The monoisotopic (exact) mass is 326 g/mol. The molecule has 1 aliphatic rings. The van der Waals surface area contributed by atoms with Crippen molar-refractivity contribution in [2.24, 2.45) is 5.92 Å². The van der Waals surface area contributed by atoms with E-state index in [4.69, 9.17) is 0 Å². The molecule has 23 heavy (non-hydrogen) atoms. The average Bonchev–Trinajstić information content (AvgIpc) is 2.96. The molecule has 134 valence electrons. The number of likely N-dealkylation sites (tertiary alicyclic amines) is 1. The van der Waals surface area contributed by atoms with Gasteiger partial charge in [0.2, 0.25) is 5.91 Å². The zero-order valence-corrected chi connectivity index (χ0v) is 15.6. The van der Waals surface area contributed by atoms with Gasteiger partial charge < -0.3 is 20.0 Å². The molecule has 1 heterocycles. The van der Waals surface area contributed by atoms with Gasteiger partial charge in [-0.3, -0.25) is 4.79 Å². The second-order valence-corrected chi connectivity index (χ2v) is 6.99. The van der Waals surface area contributed by atoms with Crippen LogP contribution in [0.5, 0.6) is 0 Å². The number of nitrogens with one attached hydrogen (secondary N) is 1. The van der Waals surface area contributed by atoms with Gasteiger partial charge in [0.25, 0.3) is 0 Å². The van der Waals surface area contributed by atoms with Crippen LogP contribution >= 0.6 is 0 Å². The van der Waals surface area contributed by atoms with Crippen molar-refractivity contribution in [1.29, 1.82) is 0 Å². The van der Waals surface area contributed by atoms with E-state index in [2.05, 4.69) is 24.1 Å². The molecule has 0 aromatic rings. The maximum atomic E-state index is 12.9. The molecular formula is C17H34N4O2. The molecule has 0 aliphatic carbocycles. The Bertz CT molecular complexity index is 394. The third kappa shape index (κ3) is 5.68. The van der Waals surface area contributed by atoms with Gasteiger partial charge in [-0.2, -0.15) is 0 Å². The van der Waals surface area contributed by atoms with Crippen LogP contribution in [0.3, 0.4) is 0 Å². The predicted octanol–water partition coefficient (Wildman–Crippen LogP) is 1.62. The summed E-state index contributed by atoms with van der Waals surface area (Å²) in [6, 6.07) is -0.154. The summed E-state index contributed by atoms with van der Waals surface area (Å²) in [5.41, 5.74) is 0. The smallest absolute Gasteiger partial charge is 0.318 e. The van der Waals surface area contributed by atoms with E-state index in [1.165, 1.54) is 0 Å². The molecule has 2 atom stereocenters. The molecule has 0 spiro atoms. The van der Waals surface area contributed by atoms with Gasteiger partial charge in [-0.25, -0.2) is 4.79 Å². The normalized spacial score (nSPS) is 19.3. The van der Waals surface area contributed by atoms with Crippen LogP contribution in [-0.4, -0.2) is 79.0 Å². The lowest BCUT2D eigenvalue weighted by molar-refractivity contribution is -0.132. The first-order valence-electron chi connectivity index (χ1n) is 8.80. The Hall–Kier alpha value is -1.30. The van der Waals surface area contributed by atoms with Crippen LogP contribution in [0.15, 0.2) is 0 Å². The fourth-order valence-electron chi connectivity index (χ4n) is 3.03. The van der Waals surface area contributed by atoms with Crippen LogP contribution in [-0.2, 0) is 4.79 Å². The molecule has 1 unspecified atom stereocenters. The fraction of sp³-hybridized carbons (Fsp3) is 0.882. The van der Waals surface area contributed by atoms with Gasteiger partial charge in [0.1, 0.15) is 6.04 Å². The van der Waals surface area contributed by atoms with Crippen molar-refractivity contribution in [2.75, 3.05) is 40.3 Å². The van der Waals surface area contributed by atoms with Gasteiger partial charge in [-0.05, 0) is 46.7 Å². The minimum Gasteiger partial charge on any atom is -0.339 e. The topological polar surface area (TPSA) is 55.9 Å². The molecule has 1 rings (SSSR count). The zero-order valence-electron chi connectivity index (χ0n) is 15.6. The van der Waals surface area contributed by atoms with E-state index in [0.29, 0.717) is 31.5 Å². The molecule has 3 amide bonds. The van der Waals surface area contributed by atoms with Crippen molar-refractivity contribution in [3.63, 3.8) is 0 Å². The molecule has 1 aliphatic heterocycles. The SMILES string of the molecule is CCN(CC)C(=O)N[C@@H](CC(C)C)C(=O)N1CCC(N(C)C)C1. The van der Waals surface area contributed by atoms with Gasteiger partial charge >= 0.3 is 6.03 Å². The number of amides is 3. The van der Waals surface area contributed by atoms with Gasteiger partial charge in [-0.1, -0.05) is 13.8 Å². The number of likely N-dealkylation sites (N-methyl/N-ethyl adjacent to an activating group) is 1. The van der Waals surface area contributed by atoms with E-state index in [1.807, 2.05) is 32.8 Å². The van der Waals surface area contributed by atoms with Crippen molar-refractivity contribution in [3.05, 3.63) is 0 Å². The van der Waals surface area contributed by atoms with Gasteiger partial charge in [0.15, 0.2) is 0 Å². The number of hydrogen-bond acceptors (Lipinski definition) is 3. The summed E-state index contributed by atoms with van der Waals surface area (Å²) < 4.78 is 0. The minimum absolute atomic E-state index is 0.0588. The minimum atomic E-state index is -0.427. The number of rotatable bonds is 7. The summed E-state index contributed by atoms with van der Waals surface area (Å²) in [6.07, 6.45) is 1.67. The molecule has 6 nitrogen and oxygen atoms in total. The number of urea groups is 1. The number of nitrogens with zero attached hydrogens (tertiary/aromatic N) is 3. The maximum absolute atomic E-state index is 12.9.